The molecule has 2 aliphatic heterocycles. The number of carbonyl (C=O) groups excluding carboxylic acids is 2. The fourth-order valence-corrected chi connectivity index (χ4v) is 4.51. The van der Waals surface area contributed by atoms with E-state index in [1.807, 2.05) is 57.3 Å². The fraction of sp³-hybridized carbons (Fsp3) is 0.483. The van der Waals surface area contributed by atoms with Gasteiger partial charge in [0.2, 0.25) is 5.91 Å². The van der Waals surface area contributed by atoms with Crippen LogP contribution >= 0.6 is 0 Å². The summed E-state index contributed by atoms with van der Waals surface area (Å²) >= 11 is 0. The molecule has 2 heterocycles. The maximum absolute atomic E-state index is 12.7. The molecule has 2 aliphatic rings. The summed E-state index contributed by atoms with van der Waals surface area (Å²) in [6.07, 6.45) is 1.79. The van der Waals surface area contributed by atoms with Crippen LogP contribution < -0.4 is 15.5 Å². The van der Waals surface area contributed by atoms with Crippen molar-refractivity contribution in [3.63, 3.8) is 0 Å². The van der Waals surface area contributed by atoms with Gasteiger partial charge in [-0.15, -0.1) is 0 Å². The second-order valence-electron chi connectivity index (χ2n) is 9.06. The molecule has 2 amide bonds. The highest BCUT2D eigenvalue weighted by atomic mass is 16.5. The van der Waals surface area contributed by atoms with Gasteiger partial charge in [0, 0.05) is 40.7 Å². The number of nitrogens with one attached hydrogen (secondary N) is 2. The number of nitrogens with zero attached hydrogens (tertiary/aromatic N) is 2. The number of carbonyl (C=O) groups is 2. The fourth-order valence-electron chi connectivity index (χ4n) is 4.51. The Kier molecular flexibility index (Phi) is 10.6. The number of fused-ring (bicyclic) bond motifs is 1. The topological polar surface area (TPSA) is 104 Å². The molecule has 0 aromatic heterocycles. The molecule has 0 spiro atoms. The summed E-state index contributed by atoms with van der Waals surface area (Å²) < 4.78 is 11.1. The largest absolute Gasteiger partial charge is 0.379 e. The maximum Gasteiger partial charge on any atom is 0.251 e. The highest BCUT2D eigenvalue weighted by Gasteiger charge is 2.25. The first-order valence-electron chi connectivity index (χ1n) is 13.0. The van der Waals surface area contributed by atoms with Crippen LogP contribution in [0.5, 0.6) is 0 Å². The Labute approximate surface area is 221 Å². The number of methoxy groups -OCH3 is 1. The molecule has 37 heavy (non-hydrogen) atoms. The third-order valence-corrected chi connectivity index (χ3v) is 6.70. The molecule has 2 N–H and O–H groups in total. The van der Waals surface area contributed by atoms with E-state index in [2.05, 4.69) is 22.8 Å². The lowest BCUT2D eigenvalue weighted by Crippen LogP contribution is -2.49. The van der Waals surface area contributed by atoms with Crippen LogP contribution in [0.15, 0.2) is 42.5 Å². The first kappa shape index (κ1) is 28.3. The zero-order valence-corrected chi connectivity index (χ0v) is 22.3. The van der Waals surface area contributed by atoms with Crippen LogP contribution in [0.2, 0.25) is 0 Å². The van der Waals surface area contributed by atoms with E-state index >= 15 is 0 Å². The zero-order valence-electron chi connectivity index (χ0n) is 22.3. The number of rotatable bonds is 6. The second kappa shape index (κ2) is 13.9. The predicted molar refractivity (Wildman–Crippen MR) is 146 cm³/mol. The molecule has 2 aromatic rings. The van der Waals surface area contributed by atoms with Crippen LogP contribution in [-0.2, 0) is 31.9 Å². The Hall–Kier alpha value is -3.25. The lowest BCUT2D eigenvalue weighted by Gasteiger charge is -2.26. The van der Waals surface area contributed by atoms with Crippen LogP contribution in [0.4, 0.5) is 5.69 Å². The maximum atomic E-state index is 12.7. The first-order valence-corrected chi connectivity index (χ1v) is 13.0. The Balaban J connectivity index is 0.00000165. The van der Waals surface area contributed by atoms with Gasteiger partial charge in [0.05, 0.1) is 18.8 Å². The standard InChI is InChI=1S/C27H32N4O4.C2H6.H2/c1-31-24-9-7-20(14-21(24)8-10-26(31)32)19-5-3-18(4-6-19)13-22(15-28)30-27(33)25-16-29-12-11-23(34-2)17-35-25;1-2;/h3-7,9,14,22-23,25,29H,8,10-13,16-17H2,1-2H3,(H,30,33);1-2H3;1H. The number of amides is 2. The van der Waals surface area contributed by atoms with Crippen LogP contribution in [0.3, 0.4) is 0 Å². The average Bonchev–Trinajstić information content (AvgIpc) is 2.92. The minimum atomic E-state index is -0.662. The summed E-state index contributed by atoms with van der Waals surface area (Å²) in [5.41, 5.74) is 5.25. The number of nitriles is 1. The summed E-state index contributed by atoms with van der Waals surface area (Å²) in [4.78, 5) is 26.4. The van der Waals surface area contributed by atoms with Gasteiger partial charge in [-0.1, -0.05) is 44.2 Å². The minimum Gasteiger partial charge on any atom is -0.379 e. The average molecular weight is 509 g/mol. The Morgan fingerprint density at radius 1 is 1.24 bits per heavy atom. The molecule has 3 atom stereocenters. The van der Waals surface area contributed by atoms with Gasteiger partial charge in [-0.05, 0) is 53.8 Å². The van der Waals surface area contributed by atoms with Gasteiger partial charge in [-0.2, -0.15) is 5.26 Å². The van der Waals surface area contributed by atoms with Crippen LogP contribution in [-0.4, -0.2) is 63.9 Å². The van der Waals surface area contributed by atoms with Crippen LogP contribution in [0.25, 0.3) is 11.1 Å². The van der Waals surface area contributed by atoms with Gasteiger partial charge in [-0.25, -0.2) is 0 Å². The van der Waals surface area contributed by atoms with E-state index in [4.69, 9.17) is 9.47 Å². The highest BCUT2D eigenvalue weighted by molar-refractivity contribution is 5.96. The summed E-state index contributed by atoms with van der Waals surface area (Å²) in [5.74, 6) is -0.153. The highest BCUT2D eigenvalue weighted by Crippen LogP contribution is 2.31. The summed E-state index contributed by atoms with van der Waals surface area (Å²) in [6, 6.07) is 15.7. The Morgan fingerprint density at radius 2 is 1.97 bits per heavy atom. The van der Waals surface area contributed by atoms with E-state index in [0.717, 1.165) is 41.8 Å². The van der Waals surface area contributed by atoms with Gasteiger partial charge in [0.25, 0.3) is 5.91 Å². The lowest BCUT2D eigenvalue weighted by molar-refractivity contribution is -0.136. The number of ether oxygens (including phenoxy) is 2. The zero-order chi connectivity index (χ0) is 26.8. The summed E-state index contributed by atoms with van der Waals surface area (Å²) in [7, 11) is 3.45. The molecular formula is C29H40N4O4. The number of benzene rings is 2. The third kappa shape index (κ3) is 7.39. The van der Waals surface area contributed by atoms with E-state index in [1.54, 1.807) is 12.0 Å². The van der Waals surface area contributed by atoms with Crippen LogP contribution in [0, 0.1) is 11.3 Å². The minimum absolute atomic E-state index is 0. The van der Waals surface area contributed by atoms with Crippen molar-refractivity contribution in [2.45, 2.75) is 57.8 Å². The van der Waals surface area contributed by atoms with Crippen molar-refractivity contribution >= 4 is 17.5 Å². The van der Waals surface area contributed by atoms with Crippen molar-refractivity contribution in [2.75, 3.05) is 38.8 Å². The molecule has 200 valence electrons. The van der Waals surface area contributed by atoms with Gasteiger partial charge in [0.1, 0.15) is 12.1 Å². The molecule has 4 rings (SSSR count). The molecule has 0 saturated carbocycles. The quantitative estimate of drug-likeness (QED) is 0.619. The number of aryl methyl sites for hydroxylation is 1. The van der Waals surface area contributed by atoms with E-state index in [-0.39, 0.29) is 19.3 Å². The van der Waals surface area contributed by atoms with Gasteiger partial charge < -0.3 is 25.0 Å². The van der Waals surface area contributed by atoms with Crippen molar-refractivity contribution in [2.24, 2.45) is 0 Å². The smallest absolute Gasteiger partial charge is 0.251 e. The molecule has 0 aliphatic carbocycles. The monoisotopic (exact) mass is 508 g/mol. The van der Waals surface area contributed by atoms with E-state index in [9.17, 15) is 14.9 Å². The molecule has 0 radical (unpaired) electrons. The van der Waals surface area contributed by atoms with Gasteiger partial charge in [-0.3, -0.25) is 9.59 Å². The molecular weight excluding hydrogens is 468 g/mol. The number of hydrogen-bond donors (Lipinski definition) is 2. The van der Waals surface area contributed by atoms with Crippen molar-refractivity contribution in [3.8, 4) is 17.2 Å². The van der Waals surface area contributed by atoms with Crippen molar-refractivity contribution < 1.29 is 20.5 Å². The van der Waals surface area contributed by atoms with Gasteiger partial charge >= 0.3 is 0 Å². The first-order chi connectivity index (χ1) is 18.0. The molecule has 3 unspecified atom stereocenters. The van der Waals surface area contributed by atoms with E-state index in [0.29, 0.717) is 26.0 Å². The summed E-state index contributed by atoms with van der Waals surface area (Å²) in [6.45, 7) is 5.50. The number of anilines is 1. The molecule has 1 fully saturated rings. The van der Waals surface area contributed by atoms with Crippen molar-refractivity contribution in [3.05, 3.63) is 53.6 Å². The summed E-state index contributed by atoms with van der Waals surface area (Å²) in [5, 5.41) is 15.6. The second-order valence-corrected chi connectivity index (χ2v) is 9.06. The Morgan fingerprint density at radius 3 is 2.68 bits per heavy atom. The lowest BCUT2D eigenvalue weighted by atomic mass is 9.95. The predicted octanol–water partition coefficient (Wildman–Crippen LogP) is 3.48. The molecule has 8 nitrogen and oxygen atoms in total. The molecule has 0 bridgehead atoms. The SMILES string of the molecule is CC.COC1CCNCC(C(=O)NC(C#N)Cc2ccc(-c3ccc4c(c3)CCC(=O)N4C)cc2)OC1.[HH]. The van der Waals surface area contributed by atoms with Gasteiger partial charge in [0.15, 0.2) is 0 Å². The third-order valence-electron chi connectivity index (χ3n) is 6.70. The van der Waals surface area contributed by atoms with E-state index in [1.165, 1.54) is 5.56 Å². The molecule has 2 aromatic carbocycles. The molecule has 1 saturated heterocycles. The van der Waals surface area contributed by atoms with Crippen molar-refractivity contribution in [1.82, 2.24) is 10.6 Å². The Bertz CT molecular complexity index is 1100. The van der Waals surface area contributed by atoms with Crippen LogP contribution in [0.1, 0.15) is 39.2 Å². The van der Waals surface area contributed by atoms with Crippen molar-refractivity contribution in [1.29, 1.82) is 5.26 Å². The van der Waals surface area contributed by atoms with E-state index < -0.39 is 12.1 Å². The molecule has 8 heteroatoms. The number of hydrogen-bond acceptors (Lipinski definition) is 6. The normalized spacial score (nSPS) is 20.3.